The third-order valence-corrected chi connectivity index (χ3v) is 4.43. The fourth-order valence-corrected chi connectivity index (χ4v) is 3.24. The van der Waals surface area contributed by atoms with E-state index in [1.807, 2.05) is 0 Å². The largest absolute Gasteiger partial charge is 0.383 e. The van der Waals surface area contributed by atoms with Crippen LogP contribution in [0.1, 0.15) is 57.7 Å². The summed E-state index contributed by atoms with van der Waals surface area (Å²) in [6.45, 7) is 7.21. The van der Waals surface area contributed by atoms with Crippen LogP contribution in [-0.4, -0.2) is 29.3 Å². The Morgan fingerprint density at radius 2 is 2.10 bits per heavy atom. The molecule has 20 heavy (non-hydrogen) atoms. The molecule has 4 nitrogen and oxygen atoms in total. The van der Waals surface area contributed by atoms with Crippen molar-refractivity contribution >= 4 is 5.95 Å². The number of aromatic nitrogens is 2. The Hall–Kier alpha value is -1.03. The lowest BCUT2D eigenvalue weighted by Crippen LogP contribution is -2.25. The number of imidazole rings is 1. The highest BCUT2D eigenvalue weighted by Crippen LogP contribution is 2.35. The maximum atomic E-state index is 5.20. The maximum absolute atomic E-state index is 5.20. The van der Waals surface area contributed by atoms with Crippen LogP contribution >= 0.6 is 0 Å². The molecule has 2 rings (SSSR count). The molecule has 1 fully saturated rings. The van der Waals surface area contributed by atoms with Gasteiger partial charge in [0.25, 0.3) is 0 Å². The lowest BCUT2D eigenvalue weighted by Gasteiger charge is -2.30. The summed E-state index contributed by atoms with van der Waals surface area (Å²) in [6.07, 6.45) is 8.78. The predicted molar refractivity (Wildman–Crippen MR) is 83.2 cm³/mol. The van der Waals surface area contributed by atoms with Gasteiger partial charge in [0.1, 0.15) is 0 Å². The molecule has 0 spiro atoms. The molecule has 0 aromatic carbocycles. The van der Waals surface area contributed by atoms with Gasteiger partial charge in [-0.15, -0.1) is 0 Å². The second-order valence-corrected chi connectivity index (χ2v) is 6.20. The van der Waals surface area contributed by atoms with E-state index in [9.17, 15) is 0 Å². The summed E-state index contributed by atoms with van der Waals surface area (Å²) in [5.41, 5.74) is 1.09. The Balaban J connectivity index is 2.04. The number of aryl methyl sites for hydroxylation is 1. The second kappa shape index (κ2) is 7.11. The zero-order valence-electron chi connectivity index (χ0n) is 13.4. The molecule has 114 valence electrons. The van der Waals surface area contributed by atoms with Crippen LogP contribution in [0.5, 0.6) is 0 Å². The second-order valence-electron chi connectivity index (χ2n) is 6.20. The Bertz CT molecular complexity index is 408. The molecular formula is C16H29N3O. The van der Waals surface area contributed by atoms with Crippen molar-refractivity contribution < 1.29 is 4.74 Å². The Kier molecular flexibility index (Phi) is 5.46. The topological polar surface area (TPSA) is 39.1 Å². The number of hydrogen-bond donors (Lipinski definition) is 1. The van der Waals surface area contributed by atoms with Crippen molar-refractivity contribution in [2.75, 3.05) is 19.0 Å². The van der Waals surface area contributed by atoms with Crippen molar-refractivity contribution in [1.82, 2.24) is 9.55 Å². The zero-order chi connectivity index (χ0) is 14.5. The minimum absolute atomic E-state index is 0.285. The summed E-state index contributed by atoms with van der Waals surface area (Å²) in [7, 11) is 1.74. The van der Waals surface area contributed by atoms with Crippen molar-refractivity contribution in [2.24, 2.45) is 5.92 Å². The minimum atomic E-state index is 0.285. The van der Waals surface area contributed by atoms with E-state index < -0.39 is 0 Å². The van der Waals surface area contributed by atoms with E-state index in [1.165, 1.54) is 32.1 Å². The number of methoxy groups -OCH3 is 1. The van der Waals surface area contributed by atoms with E-state index in [4.69, 9.17) is 4.74 Å². The molecule has 0 amide bonds. The van der Waals surface area contributed by atoms with Gasteiger partial charge in [-0.2, -0.15) is 0 Å². The van der Waals surface area contributed by atoms with Gasteiger partial charge in [-0.1, -0.05) is 13.3 Å². The van der Waals surface area contributed by atoms with Crippen LogP contribution in [0.25, 0.3) is 0 Å². The number of ether oxygens (including phenoxy) is 1. The lowest BCUT2D eigenvalue weighted by atomic mass is 9.84. The highest BCUT2D eigenvalue weighted by atomic mass is 16.5. The van der Waals surface area contributed by atoms with Gasteiger partial charge in [0.05, 0.1) is 12.3 Å². The first-order chi connectivity index (χ1) is 9.63. The normalized spacial score (nSPS) is 24.6. The van der Waals surface area contributed by atoms with Gasteiger partial charge in [0.15, 0.2) is 0 Å². The van der Waals surface area contributed by atoms with Gasteiger partial charge < -0.3 is 14.6 Å². The van der Waals surface area contributed by atoms with Crippen molar-refractivity contribution in [1.29, 1.82) is 0 Å². The summed E-state index contributed by atoms with van der Waals surface area (Å²) < 4.78 is 7.55. The van der Waals surface area contributed by atoms with Crippen molar-refractivity contribution in [3.05, 3.63) is 11.9 Å². The Labute approximate surface area is 122 Å². The van der Waals surface area contributed by atoms with E-state index >= 15 is 0 Å². The first kappa shape index (κ1) is 15.4. The smallest absolute Gasteiger partial charge is 0.203 e. The molecular weight excluding hydrogens is 250 g/mol. The fourth-order valence-electron chi connectivity index (χ4n) is 3.24. The molecule has 1 atom stereocenters. The molecule has 0 radical (unpaired) electrons. The molecule has 1 N–H and O–H groups in total. The summed E-state index contributed by atoms with van der Waals surface area (Å²) in [6, 6.07) is 0.892. The standard InChI is InChI=1S/C16H29N3O/c1-5-14-6-8-15(9-7-14)19-10-12(2)17-16(19)18-13(3)11-20-4/h10,13-15H,5-9,11H2,1-4H3,(H,17,18). The van der Waals surface area contributed by atoms with Gasteiger partial charge in [0.2, 0.25) is 5.95 Å². The Morgan fingerprint density at radius 3 is 2.70 bits per heavy atom. The molecule has 1 aliphatic rings. The fraction of sp³-hybridized carbons (Fsp3) is 0.812. The van der Waals surface area contributed by atoms with Gasteiger partial charge in [-0.05, 0) is 45.4 Å². The van der Waals surface area contributed by atoms with E-state index in [0.717, 1.165) is 17.6 Å². The number of nitrogens with zero attached hydrogens (tertiary/aromatic N) is 2. The first-order valence-corrected chi connectivity index (χ1v) is 7.95. The van der Waals surface area contributed by atoms with Gasteiger partial charge in [-0.3, -0.25) is 0 Å². The van der Waals surface area contributed by atoms with Crippen molar-refractivity contribution in [2.45, 2.75) is 65.0 Å². The SMILES string of the molecule is CCC1CCC(n2cc(C)nc2NC(C)COC)CC1. The number of rotatable bonds is 6. The highest BCUT2D eigenvalue weighted by molar-refractivity contribution is 5.31. The summed E-state index contributed by atoms with van der Waals surface area (Å²) >= 11 is 0. The Morgan fingerprint density at radius 1 is 1.40 bits per heavy atom. The van der Waals surface area contributed by atoms with Gasteiger partial charge in [0, 0.05) is 25.4 Å². The van der Waals surface area contributed by atoms with Crippen LogP contribution in [0.4, 0.5) is 5.95 Å². The van der Waals surface area contributed by atoms with Crippen LogP contribution in [0.2, 0.25) is 0 Å². The summed E-state index contributed by atoms with van der Waals surface area (Å²) in [5, 5.41) is 3.48. The molecule has 0 aliphatic heterocycles. The number of nitrogens with one attached hydrogen (secondary N) is 1. The van der Waals surface area contributed by atoms with Crippen LogP contribution in [0.15, 0.2) is 6.20 Å². The van der Waals surface area contributed by atoms with E-state index in [-0.39, 0.29) is 6.04 Å². The van der Waals surface area contributed by atoms with E-state index in [1.54, 1.807) is 7.11 Å². The van der Waals surface area contributed by atoms with Crippen molar-refractivity contribution in [3.8, 4) is 0 Å². The first-order valence-electron chi connectivity index (χ1n) is 7.95. The van der Waals surface area contributed by atoms with Gasteiger partial charge in [-0.25, -0.2) is 4.98 Å². The maximum Gasteiger partial charge on any atom is 0.203 e. The number of hydrogen-bond acceptors (Lipinski definition) is 3. The average Bonchev–Trinajstić information content (AvgIpc) is 2.80. The summed E-state index contributed by atoms with van der Waals surface area (Å²) in [5.74, 6) is 1.94. The van der Waals surface area contributed by atoms with E-state index in [0.29, 0.717) is 12.6 Å². The zero-order valence-corrected chi connectivity index (χ0v) is 13.4. The molecule has 0 bridgehead atoms. The predicted octanol–water partition coefficient (Wildman–Crippen LogP) is 3.78. The third kappa shape index (κ3) is 3.75. The molecule has 1 aromatic heterocycles. The lowest BCUT2D eigenvalue weighted by molar-refractivity contribution is 0.189. The van der Waals surface area contributed by atoms with Crippen LogP contribution < -0.4 is 5.32 Å². The third-order valence-electron chi connectivity index (χ3n) is 4.43. The molecule has 1 aliphatic carbocycles. The van der Waals surface area contributed by atoms with Gasteiger partial charge >= 0.3 is 0 Å². The molecule has 1 aromatic rings. The van der Waals surface area contributed by atoms with Crippen molar-refractivity contribution in [3.63, 3.8) is 0 Å². The van der Waals surface area contributed by atoms with Crippen LogP contribution in [0, 0.1) is 12.8 Å². The molecule has 1 saturated carbocycles. The van der Waals surface area contributed by atoms with E-state index in [2.05, 4.69) is 41.8 Å². The molecule has 1 heterocycles. The molecule has 0 saturated heterocycles. The monoisotopic (exact) mass is 279 g/mol. The molecule has 4 heteroatoms. The average molecular weight is 279 g/mol. The highest BCUT2D eigenvalue weighted by Gasteiger charge is 2.23. The summed E-state index contributed by atoms with van der Waals surface area (Å²) in [4.78, 5) is 4.64. The quantitative estimate of drug-likeness (QED) is 0.861. The van der Waals surface area contributed by atoms with Crippen LogP contribution in [0.3, 0.4) is 0 Å². The number of anilines is 1. The minimum Gasteiger partial charge on any atom is -0.383 e. The molecule has 1 unspecified atom stereocenters. The van der Waals surface area contributed by atoms with Crippen LogP contribution in [-0.2, 0) is 4.74 Å².